The van der Waals surface area contributed by atoms with Crippen molar-refractivity contribution in [2.75, 3.05) is 5.75 Å². The Balaban J connectivity index is 1.83. The van der Waals surface area contributed by atoms with Crippen molar-refractivity contribution >= 4 is 26.4 Å². The molecular weight excluding hydrogens is 466 g/mol. The van der Waals surface area contributed by atoms with Gasteiger partial charge in [-0.2, -0.15) is 0 Å². The van der Waals surface area contributed by atoms with Crippen LogP contribution in [0.5, 0.6) is 11.5 Å². The molecule has 174 valence electrons. The van der Waals surface area contributed by atoms with Gasteiger partial charge in [0.05, 0.1) is 11.9 Å². The summed E-state index contributed by atoms with van der Waals surface area (Å²) in [6.45, 7) is 1.53. The highest BCUT2D eigenvalue weighted by Crippen LogP contribution is 2.38. The molecular formula is C23H18F2N4O4S. The van der Waals surface area contributed by atoms with Crippen molar-refractivity contribution < 1.29 is 21.9 Å². The standard InChI is InChI=1S/C23H18F2N4O4S/c1-3-34(31,32)21-10-27-20-9-19(33-18-5-4-13(24)8-17(18)25)16(12-29(20)21)15-11-28(2)23(30)22-14(15)6-7-26-22/h4-12,26H,3H2,1-2H3. The summed E-state index contributed by atoms with van der Waals surface area (Å²) in [5, 5.41) is 0.549. The number of H-pyrrole nitrogens is 1. The number of pyridine rings is 2. The number of imidazole rings is 1. The summed E-state index contributed by atoms with van der Waals surface area (Å²) in [6, 6.07) is 6.09. The Labute approximate surface area is 192 Å². The molecule has 5 rings (SSSR count). The first kappa shape index (κ1) is 21.8. The number of hydrogen-bond acceptors (Lipinski definition) is 5. The smallest absolute Gasteiger partial charge is 0.274 e. The monoisotopic (exact) mass is 484 g/mol. The molecule has 1 N–H and O–H groups in total. The van der Waals surface area contributed by atoms with Crippen molar-refractivity contribution in [2.24, 2.45) is 7.05 Å². The van der Waals surface area contributed by atoms with Crippen LogP contribution in [0.15, 0.2) is 64.9 Å². The van der Waals surface area contributed by atoms with E-state index in [1.54, 1.807) is 25.5 Å². The molecule has 0 fully saturated rings. The van der Waals surface area contributed by atoms with E-state index in [-0.39, 0.29) is 33.5 Å². The Morgan fingerprint density at radius 3 is 2.62 bits per heavy atom. The third kappa shape index (κ3) is 3.45. The Morgan fingerprint density at radius 1 is 1.09 bits per heavy atom. The summed E-state index contributed by atoms with van der Waals surface area (Å²) in [7, 11) is -2.04. The highest BCUT2D eigenvalue weighted by molar-refractivity contribution is 7.91. The minimum absolute atomic E-state index is 0.0131. The van der Waals surface area contributed by atoms with Gasteiger partial charge < -0.3 is 14.3 Å². The van der Waals surface area contributed by atoms with Gasteiger partial charge in [-0.3, -0.25) is 9.20 Å². The molecule has 11 heteroatoms. The van der Waals surface area contributed by atoms with Gasteiger partial charge in [0.25, 0.3) is 5.56 Å². The Kier molecular flexibility index (Phi) is 5.01. The topological polar surface area (TPSA) is 98.5 Å². The number of aromatic nitrogens is 4. The number of benzene rings is 1. The molecule has 0 unspecified atom stereocenters. The molecule has 0 aliphatic carbocycles. The molecule has 0 bridgehead atoms. The van der Waals surface area contributed by atoms with Gasteiger partial charge in [-0.15, -0.1) is 0 Å². The van der Waals surface area contributed by atoms with E-state index < -0.39 is 21.5 Å². The van der Waals surface area contributed by atoms with Crippen molar-refractivity contribution in [3.8, 4) is 22.6 Å². The van der Waals surface area contributed by atoms with E-state index in [0.29, 0.717) is 28.1 Å². The summed E-state index contributed by atoms with van der Waals surface area (Å²) in [6.07, 6.45) is 5.96. The summed E-state index contributed by atoms with van der Waals surface area (Å²) in [5.41, 5.74) is 1.25. The number of aromatic amines is 1. The minimum atomic E-state index is -3.61. The Hall–Kier alpha value is -3.99. The zero-order valence-corrected chi connectivity index (χ0v) is 18.9. The largest absolute Gasteiger partial charge is 0.453 e. The average Bonchev–Trinajstić information content (AvgIpc) is 3.45. The molecule has 0 saturated carbocycles. The lowest BCUT2D eigenvalue weighted by Crippen LogP contribution is -2.16. The van der Waals surface area contributed by atoms with Crippen molar-refractivity contribution in [3.05, 3.63) is 77.1 Å². The molecule has 4 heterocycles. The van der Waals surface area contributed by atoms with Gasteiger partial charge in [0.1, 0.15) is 22.7 Å². The molecule has 0 saturated heterocycles. The molecule has 0 radical (unpaired) electrons. The Bertz CT molecular complexity index is 1750. The summed E-state index contributed by atoms with van der Waals surface area (Å²) < 4.78 is 61.7. The van der Waals surface area contributed by atoms with E-state index in [0.717, 1.165) is 12.1 Å². The molecule has 0 aliphatic heterocycles. The van der Waals surface area contributed by atoms with E-state index >= 15 is 0 Å². The highest BCUT2D eigenvalue weighted by Gasteiger charge is 2.22. The number of aryl methyl sites for hydroxylation is 1. The van der Waals surface area contributed by atoms with Crippen LogP contribution in [0.25, 0.3) is 27.7 Å². The normalized spacial score (nSPS) is 12.0. The zero-order valence-electron chi connectivity index (χ0n) is 18.0. The first-order chi connectivity index (χ1) is 16.2. The van der Waals surface area contributed by atoms with Gasteiger partial charge in [-0.25, -0.2) is 22.2 Å². The zero-order chi connectivity index (χ0) is 24.2. The number of ether oxygens (including phenoxy) is 1. The third-order valence-corrected chi connectivity index (χ3v) is 7.27. The van der Waals surface area contributed by atoms with Gasteiger partial charge in [0.15, 0.2) is 26.4 Å². The average molecular weight is 484 g/mol. The fraction of sp³-hybridized carbons (Fsp3) is 0.130. The van der Waals surface area contributed by atoms with Crippen LogP contribution in [0.4, 0.5) is 8.78 Å². The summed E-state index contributed by atoms with van der Waals surface area (Å²) in [5.74, 6) is -1.87. The van der Waals surface area contributed by atoms with Crippen LogP contribution in [-0.2, 0) is 16.9 Å². The second kappa shape index (κ2) is 7.80. The van der Waals surface area contributed by atoms with E-state index in [4.69, 9.17) is 4.74 Å². The van der Waals surface area contributed by atoms with Gasteiger partial charge in [0.2, 0.25) is 0 Å². The van der Waals surface area contributed by atoms with Crippen molar-refractivity contribution in [3.63, 3.8) is 0 Å². The summed E-state index contributed by atoms with van der Waals surface area (Å²) in [4.78, 5) is 19.6. The fourth-order valence-corrected chi connectivity index (χ4v) is 4.76. The van der Waals surface area contributed by atoms with Crippen LogP contribution in [-0.4, -0.2) is 33.1 Å². The van der Waals surface area contributed by atoms with Crippen molar-refractivity contribution in [1.82, 2.24) is 18.9 Å². The molecule has 1 aromatic carbocycles. The maximum atomic E-state index is 14.4. The quantitative estimate of drug-likeness (QED) is 0.406. The molecule has 8 nitrogen and oxygen atoms in total. The maximum Gasteiger partial charge on any atom is 0.274 e. The van der Waals surface area contributed by atoms with E-state index in [1.807, 2.05) is 0 Å². The van der Waals surface area contributed by atoms with Crippen LogP contribution < -0.4 is 10.3 Å². The SMILES string of the molecule is CCS(=O)(=O)c1cnc2cc(Oc3ccc(F)cc3F)c(-c3cn(C)c(=O)c4[nH]ccc34)cn12. The van der Waals surface area contributed by atoms with E-state index in [9.17, 15) is 22.0 Å². The fourth-order valence-electron chi connectivity index (χ4n) is 3.81. The van der Waals surface area contributed by atoms with Crippen LogP contribution >= 0.6 is 0 Å². The lowest BCUT2D eigenvalue weighted by Gasteiger charge is -2.15. The lowest BCUT2D eigenvalue weighted by molar-refractivity contribution is 0.439. The first-order valence-corrected chi connectivity index (χ1v) is 11.9. The molecule has 0 spiro atoms. The number of hydrogen-bond donors (Lipinski definition) is 1. The van der Waals surface area contributed by atoms with Gasteiger partial charge in [-0.1, -0.05) is 6.92 Å². The van der Waals surface area contributed by atoms with E-state index in [2.05, 4.69) is 9.97 Å². The highest BCUT2D eigenvalue weighted by atomic mass is 32.2. The number of fused-ring (bicyclic) bond motifs is 2. The van der Waals surface area contributed by atoms with Crippen molar-refractivity contribution in [2.45, 2.75) is 11.9 Å². The Morgan fingerprint density at radius 2 is 1.88 bits per heavy atom. The van der Waals surface area contributed by atoms with Crippen LogP contribution in [0.3, 0.4) is 0 Å². The molecule has 0 aliphatic rings. The summed E-state index contributed by atoms with van der Waals surface area (Å²) >= 11 is 0. The van der Waals surface area contributed by atoms with Crippen LogP contribution in [0.2, 0.25) is 0 Å². The number of halogens is 2. The maximum absolute atomic E-state index is 14.4. The first-order valence-electron chi connectivity index (χ1n) is 10.2. The predicted molar refractivity (Wildman–Crippen MR) is 122 cm³/mol. The molecule has 4 aromatic heterocycles. The predicted octanol–water partition coefficient (Wildman–Crippen LogP) is 4.05. The molecule has 0 atom stereocenters. The van der Waals surface area contributed by atoms with Gasteiger partial charge in [0, 0.05) is 54.3 Å². The van der Waals surface area contributed by atoms with Crippen molar-refractivity contribution in [1.29, 1.82) is 0 Å². The van der Waals surface area contributed by atoms with Crippen LogP contribution in [0.1, 0.15) is 6.92 Å². The lowest BCUT2D eigenvalue weighted by atomic mass is 10.0. The van der Waals surface area contributed by atoms with Gasteiger partial charge in [-0.05, 0) is 18.2 Å². The van der Waals surface area contributed by atoms with Crippen LogP contribution in [0, 0.1) is 11.6 Å². The number of rotatable bonds is 5. The molecule has 34 heavy (non-hydrogen) atoms. The van der Waals surface area contributed by atoms with Gasteiger partial charge >= 0.3 is 0 Å². The number of nitrogens with zero attached hydrogens (tertiary/aromatic N) is 3. The number of nitrogens with one attached hydrogen (secondary N) is 1. The van der Waals surface area contributed by atoms with E-state index in [1.165, 1.54) is 34.4 Å². The second-order valence-electron chi connectivity index (χ2n) is 7.68. The minimum Gasteiger partial charge on any atom is -0.453 e. The number of sulfone groups is 1. The third-order valence-electron chi connectivity index (χ3n) is 5.57. The molecule has 5 aromatic rings. The molecule has 0 amide bonds. The second-order valence-corrected chi connectivity index (χ2v) is 9.91.